The van der Waals surface area contributed by atoms with Crippen LogP contribution < -0.4 is 24.8 Å². The number of para-hydroxylation sites is 1. The van der Waals surface area contributed by atoms with Crippen LogP contribution in [-0.4, -0.2) is 9.78 Å². The number of allylic oxidation sites excluding steroid dienone is 4. The summed E-state index contributed by atoms with van der Waals surface area (Å²) >= 11 is 0. The minimum Gasteiger partial charge on any atom is -1.00 e. The molecule has 1 heterocycles. The van der Waals surface area contributed by atoms with Gasteiger partial charge in [-0.2, -0.15) is 11.2 Å². The van der Waals surface area contributed by atoms with Crippen LogP contribution in [0.25, 0.3) is 27.4 Å². The van der Waals surface area contributed by atoms with Crippen LogP contribution in [0, 0.1) is 6.08 Å². The summed E-state index contributed by atoms with van der Waals surface area (Å²) in [6.45, 7) is 4.22. The molecule has 3 aromatic carbocycles. The molecule has 140 valence electrons. The average molecular weight is 487 g/mol. The second-order valence-electron chi connectivity index (χ2n) is 6.35. The van der Waals surface area contributed by atoms with Crippen molar-refractivity contribution < 1.29 is 51.0 Å². The Balaban J connectivity index is 0.000000341. The molecular weight excluding hydrogens is 466 g/mol. The van der Waals surface area contributed by atoms with Crippen LogP contribution in [-0.2, 0) is 26.2 Å². The van der Waals surface area contributed by atoms with E-state index in [1.54, 1.807) is 0 Å². The molecule has 5 heteroatoms. The zero-order valence-electron chi connectivity index (χ0n) is 15.8. The Morgan fingerprint density at radius 2 is 1.64 bits per heavy atom. The molecule has 0 amide bonds. The topological polar surface area (TPSA) is 17.8 Å². The van der Waals surface area contributed by atoms with E-state index in [4.69, 9.17) is 0 Å². The molecule has 1 aliphatic carbocycles. The molecule has 1 aliphatic rings. The summed E-state index contributed by atoms with van der Waals surface area (Å²) in [7, 11) is 0. The maximum Gasteiger partial charge on any atom is 4.00 e. The number of benzene rings is 2. The Bertz CT molecular complexity index is 1060. The molecule has 28 heavy (non-hydrogen) atoms. The molecule has 0 aliphatic heterocycles. The van der Waals surface area contributed by atoms with Crippen molar-refractivity contribution in [1.29, 1.82) is 0 Å². The first-order chi connectivity index (χ1) is 12.2. The van der Waals surface area contributed by atoms with Crippen molar-refractivity contribution in [2.75, 3.05) is 0 Å². The average Bonchev–Trinajstić information content (AvgIpc) is 3.34. The number of hydrogen-bond acceptors (Lipinski definition) is 1. The van der Waals surface area contributed by atoms with Crippen molar-refractivity contribution in [2.24, 2.45) is 0 Å². The second-order valence-corrected chi connectivity index (χ2v) is 6.35. The smallest absolute Gasteiger partial charge is 1.00 e. The molecule has 5 rings (SSSR count). The monoisotopic (exact) mass is 484 g/mol. The van der Waals surface area contributed by atoms with Gasteiger partial charge in [0.2, 0.25) is 0 Å². The van der Waals surface area contributed by atoms with E-state index in [9.17, 15) is 0 Å². The van der Waals surface area contributed by atoms with Crippen molar-refractivity contribution in [3.05, 3.63) is 90.2 Å². The van der Waals surface area contributed by atoms with E-state index in [0.29, 0.717) is 0 Å². The standard InChI is InChI=1S/C16H11N2.C7H9.2ClH.Zr/c1-2-6-13-10-15(9-12(13)5-1)18-16-8-4-3-7-14(16)11-17-18;1-6-4-3-5-7(6)2;;;/h1-11H;4H,3H2,1-2H3;2*1H;/q2*-1;;;+4/p-2. The summed E-state index contributed by atoms with van der Waals surface area (Å²) in [5.41, 5.74) is 4.98. The molecule has 0 bridgehead atoms. The van der Waals surface area contributed by atoms with Gasteiger partial charge in [-0.3, -0.25) is 10.8 Å². The van der Waals surface area contributed by atoms with E-state index in [1.807, 2.05) is 23.0 Å². The van der Waals surface area contributed by atoms with Crippen LogP contribution in [0.5, 0.6) is 0 Å². The van der Waals surface area contributed by atoms with E-state index in [1.165, 1.54) is 27.3 Å². The largest absolute Gasteiger partial charge is 4.00 e. The van der Waals surface area contributed by atoms with E-state index in [0.717, 1.165) is 17.6 Å². The summed E-state index contributed by atoms with van der Waals surface area (Å²) in [4.78, 5) is 0. The Morgan fingerprint density at radius 1 is 0.964 bits per heavy atom. The number of aromatic nitrogens is 2. The summed E-state index contributed by atoms with van der Waals surface area (Å²) in [6, 6.07) is 21.0. The van der Waals surface area contributed by atoms with Crippen LogP contribution >= 0.6 is 0 Å². The van der Waals surface area contributed by atoms with E-state index >= 15 is 0 Å². The van der Waals surface area contributed by atoms with Gasteiger partial charge in [-0.1, -0.05) is 31.2 Å². The number of halogens is 2. The summed E-state index contributed by atoms with van der Waals surface area (Å²) in [5, 5.41) is 8.16. The minimum absolute atomic E-state index is 0. The Hall–Kier alpha value is -1.54. The van der Waals surface area contributed by atoms with Gasteiger partial charge in [0.15, 0.2) is 0 Å². The number of nitrogens with zero attached hydrogens (tertiary/aromatic N) is 2. The van der Waals surface area contributed by atoms with Gasteiger partial charge in [0.05, 0.1) is 11.7 Å². The minimum atomic E-state index is 0. The molecule has 0 saturated carbocycles. The van der Waals surface area contributed by atoms with Gasteiger partial charge in [-0.15, -0.1) is 54.4 Å². The van der Waals surface area contributed by atoms with Gasteiger partial charge in [0, 0.05) is 5.39 Å². The number of hydrogen-bond donors (Lipinski definition) is 0. The van der Waals surface area contributed by atoms with Crippen LogP contribution in [0.3, 0.4) is 0 Å². The van der Waals surface area contributed by atoms with E-state index in [-0.39, 0.29) is 51.0 Å². The molecule has 0 atom stereocenters. The van der Waals surface area contributed by atoms with Gasteiger partial charge >= 0.3 is 26.2 Å². The first-order valence-corrected chi connectivity index (χ1v) is 8.55. The SMILES string of the molecule is CC1=[C-]CC=C1C.[Cl-].[Cl-].[Zr+4].c1ccc2[cH-]c(-n3ncc4ccccc43)cc2c1. The van der Waals surface area contributed by atoms with Crippen LogP contribution in [0.4, 0.5) is 0 Å². The zero-order valence-corrected chi connectivity index (χ0v) is 19.8. The van der Waals surface area contributed by atoms with Crippen molar-refractivity contribution in [1.82, 2.24) is 9.78 Å². The van der Waals surface area contributed by atoms with Gasteiger partial charge in [-0.25, -0.2) is 11.1 Å². The summed E-state index contributed by atoms with van der Waals surface area (Å²) < 4.78 is 2.00. The Labute approximate surface area is 197 Å². The molecule has 1 aromatic heterocycles. The molecule has 0 saturated heterocycles. The van der Waals surface area contributed by atoms with Crippen molar-refractivity contribution >= 4 is 21.7 Å². The Kier molecular flexibility index (Phi) is 9.50. The zero-order chi connectivity index (χ0) is 17.2. The normalized spacial score (nSPS) is 12.1. The fraction of sp³-hybridized carbons (Fsp3) is 0.130. The van der Waals surface area contributed by atoms with E-state index < -0.39 is 0 Å². The van der Waals surface area contributed by atoms with Crippen molar-refractivity contribution in [2.45, 2.75) is 20.3 Å². The summed E-state index contributed by atoms with van der Waals surface area (Å²) in [5.74, 6) is 0. The molecule has 0 radical (unpaired) electrons. The molecule has 2 nitrogen and oxygen atoms in total. The van der Waals surface area contributed by atoms with Crippen LogP contribution in [0.2, 0.25) is 0 Å². The summed E-state index contributed by atoms with van der Waals surface area (Å²) in [6.07, 6.45) is 8.32. The van der Waals surface area contributed by atoms with Gasteiger partial charge in [0.25, 0.3) is 0 Å². The van der Waals surface area contributed by atoms with Gasteiger partial charge in [0.1, 0.15) is 0 Å². The maximum atomic E-state index is 4.48. The third-order valence-corrected chi connectivity index (χ3v) is 4.69. The molecular formula is C23H20Cl2N2Zr. The first kappa shape index (κ1) is 24.5. The van der Waals surface area contributed by atoms with Crippen molar-refractivity contribution in [3.63, 3.8) is 0 Å². The fourth-order valence-electron chi connectivity index (χ4n) is 3.08. The van der Waals surface area contributed by atoms with Gasteiger partial charge < -0.3 is 24.8 Å². The number of fused-ring (bicyclic) bond motifs is 2. The van der Waals surface area contributed by atoms with Crippen molar-refractivity contribution in [3.8, 4) is 5.69 Å². The first-order valence-electron chi connectivity index (χ1n) is 8.55. The Morgan fingerprint density at radius 3 is 2.25 bits per heavy atom. The molecule has 4 aromatic rings. The third kappa shape index (κ3) is 5.09. The predicted molar refractivity (Wildman–Crippen MR) is 105 cm³/mol. The van der Waals surface area contributed by atoms with Crippen LogP contribution in [0.15, 0.2) is 84.1 Å². The predicted octanol–water partition coefficient (Wildman–Crippen LogP) is -0.0110. The van der Waals surface area contributed by atoms with Crippen LogP contribution in [0.1, 0.15) is 20.3 Å². The molecule has 0 unspecified atom stereocenters. The van der Waals surface area contributed by atoms with E-state index in [2.05, 4.69) is 79.6 Å². The molecule has 0 fully saturated rings. The number of rotatable bonds is 1. The second kappa shape index (κ2) is 10.9. The fourth-order valence-corrected chi connectivity index (χ4v) is 3.08. The van der Waals surface area contributed by atoms with Gasteiger partial charge in [-0.05, 0) is 11.8 Å². The third-order valence-electron chi connectivity index (χ3n) is 4.69. The quantitative estimate of drug-likeness (QED) is 0.346. The molecule has 0 spiro atoms. The maximum absolute atomic E-state index is 4.48. The molecule has 0 N–H and O–H groups in total.